The lowest BCUT2D eigenvalue weighted by Gasteiger charge is -2.25. The fraction of sp³-hybridized carbons (Fsp3) is 0. The van der Waals surface area contributed by atoms with Crippen LogP contribution in [0.3, 0.4) is 0 Å². The van der Waals surface area contributed by atoms with Gasteiger partial charge in [-0.25, -0.2) is 15.0 Å². The van der Waals surface area contributed by atoms with E-state index in [2.05, 4.69) is 126 Å². The van der Waals surface area contributed by atoms with Gasteiger partial charge >= 0.3 is 0 Å². The van der Waals surface area contributed by atoms with Gasteiger partial charge in [-0.15, -0.1) is 0 Å². The number of aromatic nitrogens is 3. The molecule has 0 unspecified atom stereocenters. The number of furan rings is 1. The van der Waals surface area contributed by atoms with Crippen molar-refractivity contribution in [3.05, 3.63) is 194 Å². The molecule has 10 rings (SSSR count). The molecule has 2 heterocycles. The molecule has 0 spiro atoms. The molecule has 0 aliphatic rings. The van der Waals surface area contributed by atoms with E-state index < -0.39 is 0 Å². The number of benzene rings is 8. The van der Waals surface area contributed by atoms with Crippen LogP contribution in [-0.2, 0) is 0 Å². The third-order valence-corrected chi connectivity index (χ3v) is 9.91. The van der Waals surface area contributed by atoms with Gasteiger partial charge < -0.3 is 9.32 Å². The molecule has 0 aliphatic heterocycles. The Morgan fingerprint density at radius 3 is 1.41 bits per heavy atom. The molecule has 254 valence electrons. The van der Waals surface area contributed by atoms with Gasteiger partial charge in [0.05, 0.1) is 0 Å². The standard InChI is InChI=1S/C49H32N4O/c1-5-15-34(16-6-1)47-50-48(35-17-7-2-8-18-35)52-49(51-47)42-32-45-46(41-24-14-13-23-40(41)42)43-31-36(27-30-44(43)54-45)33-25-28-39(29-26-33)53(37-19-9-3-10-20-37)38-21-11-4-12-22-38/h1-32H. The molecule has 2 aromatic heterocycles. The van der Waals surface area contributed by atoms with Crippen molar-refractivity contribution in [2.45, 2.75) is 0 Å². The average molecular weight is 693 g/mol. The van der Waals surface area contributed by atoms with E-state index >= 15 is 0 Å². The van der Waals surface area contributed by atoms with E-state index in [1.165, 1.54) is 0 Å². The van der Waals surface area contributed by atoms with Crippen molar-refractivity contribution >= 4 is 49.8 Å². The molecule has 54 heavy (non-hydrogen) atoms. The first-order valence-corrected chi connectivity index (χ1v) is 18.0. The van der Waals surface area contributed by atoms with Crippen LogP contribution in [0.5, 0.6) is 0 Å². The first kappa shape index (κ1) is 31.4. The number of rotatable bonds is 7. The van der Waals surface area contributed by atoms with Crippen LogP contribution in [0.1, 0.15) is 0 Å². The molecular weight excluding hydrogens is 661 g/mol. The van der Waals surface area contributed by atoms with Crippen molar-refractivity contribution in [3.63, 3.8) is 0 Å². The van der Waals surface area contributed by atoms with E-state index in [9.17, 15) is 0 Å². The number of nitrogens with zero attached hydrogens (tertiary/aromatic N) is 4. The van der Waals surface area contributed by atoms with Gasteiger partial charge in [-0.2, -0.15) is 0 Å². The molecule has 0 aliphatic carbocycles. The summed E-state index contributed by atoms with van der Waals surface area (Å²) in [5.74, 6) is 1.85. The smallest absolute Gasteiger partial charge is 0.164 e. The van der Waals surface area contributed by atoms with Crippen LogP contribution >= 0.6 is 0 Å². The third-order valence-electron chi connectivity index (χ3n) is 9.91. The first-order chi connectivity index (χ1) is 26.8. The van der Waals surface area contributed by atoms with Crippen LogP contribution in [0, 0.1) is 0 Å². The monoisotopic (exact) mass is 692 g/mol. The van der Waals surface area contributed by atoms with Crippen LogP contribution < -0.4 is 4.90 Å². The molecule has 0 bridgehead atoms. The minimum absolute atomic E-state index is 0.599. The summed E-state index contributed by atoms with van der Waals surface area (Å²) in [4.78, 5) is 17.3. The molecule has 5 nitrogen and oxygen atoms in total. The van der Waals surface area contributed by atoms with Crippen molar-refractivity contribution in [2.24, 2.45) is 0 Å². The lowest BCUT2D eigenvalue weighted by atomic mass is 9.97. The molecule has 0 atom stereocenters. The molecule has 5 heteroatoms. The van der Waals surface area contributed by atoms with Gasteiger partial charge in [0.2, 0.25) is 0 Å². The van der Waals surface area contributed by atoms with Gasteiger partial charge in [0.1, 0.15) is 11.2 Å². The molecule has 8 aromatic carbocycles. The normalized spacial score (nSPS) is 11.3. The summed E-state index contributed by atoms with van der Waals surface area (Å²) in [7, 11) is 0. The summed E-state index contributed by atoms with van der Waals surface area (Å²) in [6.45, 7) is 0. The second kappa shape index (κ2) is 13.3. The Kier molecular flexibility index (Phi) is 7.73. The highest BCUT2D eigenvalue weighted by Gasteiger charge is 2.19. The number of fused-ring (bicyclic) bond motifs is 5. The van der Waals surface area contributed by atoms with E-state index in [1.54, 1.807) is 0 Å². The van der Waals surface area contributed by atoms with Crippen molar-refractivity contribution in [1.82, 2.24) is 15.0 Å². The molecule has 0 amide bonds. The van der Waals surface area contributed by atoms with Gasteiger partial charge in [0, 0.05) is 44.5 Å². The zero-order valence-corrected chi connectivity index (χ0v) is 29.2. The Bertz CT molecular complexity index is 2810. The van der Waals surface area contributed by atoms with E-state index in [0.29, 0.717) is 17.5 Å². The second-order valence-corrected chi connectivity index (χ2v) is 13.2. The van der Waals surface area contributed by atoms with Gasteiger partial charge in [0.25, 0.3) is 0 Å². The summed E-state index contributed by atoms with van der Waals surface area (Å²) in [6.07, 6.45) is 0. The molecule has 0 saturated carbocycles. The van der Waals surface area contributed by atoms with Crippen LogP contribution in [0.2, 0.25) is 0 Å². The quantitative estimate of drug-likeness (QED) is 0.166. The number of hydrogen-bond donors (Lipinski definition) is 0. The van der Waals surface area contributed by atoms with Gasteiger partial charge in [-0.05, 0) is 76.5 Å². The SMILES string of the molecule is c1ccc(-c2nc(-c3ccccc3)nc(-c3cc4oc5ccc(-c6ccc(N(c7ccccc7)c7ccccc7)cc6)cc5c4c4ccccc34)n2)cc1. The van der Waals surface area contributed by atoms with Gasteiger partial charge in [-0.3, -0.25) is 0 Å². The maximum atomic E-state index is 6.61. The van der Waals surface area contributed by atoms with E-state index in [4.69, 9.17) is 19.4 Å². The molecule has 0 saturated heterocycles. The summed E-state index contributed by atoms with van der Waals surface area (Å²) in [5.41, 5.74) is 9.93. The highest BCUT2D eigenvalue weighted by atomic mass is 16.3. The molecule has 0 fully saturated rings. The van der Waals surface area contributed by atoms with Crippen LogP contribution in [-0.4, -0.2) is 15.0 Å². The first-order valence-electron chi connectivity index (χ1n) is 18.0. The Balaban J connectivity index is 1.09. The minimum Gasteiger partial charge on any atom is -0.456 e. The Morgan fingerprint density at radius 2 is 0.815 bits per heavy atom. The summed E-state index contributed by atoms with van der Waals surface area (Å²) >= 11 is 0. The Labute approximate surface area is 312 Å². The number of para-hydroxylation sites is 2. The molecular formula is C49H32N4O. The summed E-state index contributed by atoms with van der Waals surface area (Å²) in [5, 5.41) is 4.27. The highest BCUT2D eigenvalue weighted by molar-refractivity contribution is 6.22. The maximum absolute atomic E-state index is 6.61. The number of anilines is 3. The van der Waals surface area contributed by atoms with E-state index in [1.807, 2.05) is 72.8 Å². The summed E-state index contributed by atoms with van der Waals surface area (Å²) in [6, 6.07) is 66.9. The van der Waals surface area contributed by atoms with Gasteiger partial charge in [-0.1, -0.05) is 140 Å². The molecule has 0 radical (unpaired) electrons. The predicted molar refractivity (Wildman–Crippen MR) is 221 cm³/mol. The maximum Gasteiger partial charge on any atom is 0.164 e. The largest absolute Gasteiger partial charge is 0.456 e. The average Bonchev–Trinajstić information content (AvgIpc) is 3.63. The zero-order valence-electron chi connectivity index (χ0n) is 29.2. The fourth-order valence-corrected chi connectivity index (χ4v) is 7.34. The van der Waals surface area contributed by atoms with E-state index in [-0.39, 0.29) is 0 Å². The lowest BCUT2D eigenvalue weighted by molar-refractivity contribution is 0.669. The van der Waals surface area contributed by atoms with E-state index in [0.717, 1.165) is 77.6 Å². The van der Waals surface area contributed by atoms with Gasteiger partial charge in [0.15, 0.2) is 17.5 Å². The fourth-order valence-electron chi connectivity index (χ4n) is 7.34. The Morgan fingerprint density at radius 1 is 0.333 bits per heavy atom. The summed E-state index contributed by atoms with van der Waals surface area (Å²) < 4.78 is 6.61. The van der Waals surface area contributed by atoms with Crippen molar-refractivity contribution < 1.29 is 4.42 Å². The predicted octanol–water partition coefficient (Wildman–Crippen LogP) is 13.1. The highest BCUT2D eigenvalue weighted by Crippen LogP contribution is 2.42. The topological polar surface area (TPSA) is 55.1 Å². The Hall–Kier alpha value is -7.37. The van der Waals surface area contributed by atoms with Crippen molar-refractivity contribution in [2.75, 3.05) is 4.90 Å². The second-order valence-electron chi connectivity index (χ2n) is 13.2. The lowest BCUT2D eigenvalue weighted by Crippen LogP contribution is -2.09. The number of hydrogen-bond acceptors (Lipinski definition) is 5. The molecule has 0 N–H and O–H groups in total. The van der Waals surface area contributed by atoms with Crippen LogP contribution in [0.25, 0.3) is 78.0 Å². The van der Waals surface area contributed by atoms with Crippen molar-refractivity contribution in [1.29, 1.82) is 0 Å². The van der Waals surface area contributed by atoms with Crippen LogP contribution in [0.15, 0.2) is 199 Å². The molecule has 10 aromatic rings. The third kappa shape index (κ3) is 5.65. The van der Waals surface area contributed by atoms with Crippen molar-refractivity contribution in [3.8, 4) is 45.3 Å². The zero-order chi connectivity index (χ0) is 35.8. The minimum atomic E-state index is 0.599. The van der Waals surface area contributed by atoms with Crippen LogP contribution in [0.4, 0.5) is 17.1 Å².